The number of nitrogens with one attached hydrogen (secondary N) is 1. The van der Waals surface area contributed by atoms with E-state index in [2.05, 4.69) is 10.4 Å². The van der Waals surface area contributed by atoms with Gasteiger partial charge in [-0.25, -0.2) is 0 Å². The van der Waals surface area contributed by atoms with E-state index in [1.165, 1.54) is 4.68 Å². The Morgan fingerprint density at radius 3 is 2.90 bits per heavy atom. The fraction of sp³-hybridized carbons (Fsp3) is 0.667. The van der Waals surface area contributed by atoms with Crippen LogP contribution in [0.3, 0.4) is 0 Å². The van der Waals surface area contributed by atoms with E-state index >= 15 is 0 Å². The van der Waals surface area contributed by atoms with E-state index in [1.54, 1.807) is 14.0 Å². The number of carbonyl (C=O) groups is 1. The van der Waals surface area contributed by atoms with Gasteiger partial charge in [-0.05, 0) is 26.7 Å². The first-order chi connectivity index (χ1) is 9.41. The van der Waals surface area contributed by atoms with Crippen molar-refractivity contribution in [1.29, 1.82) is 0 Å². The number of hydrogen-bond donors (Lipinski definition) is 1. The van der Waals surface area contributed by atoms with Crippen molar-refractivity contribution in [1.82, 2.24) is 15.1 Å². The molecular weight excluding hydrogens is 264 g/mol. The predicted octanol–water partition coefficient (Wildman–Crippen LogP) is 0.934. The minimum atomic E-state index is -0.575. The van der Waals surface area contributed by atoms with Crippen molar-refractivity contribution in [3.8, 4) is 0 Å². The Morgan fingerprint density at radius 2 is 2.35 bits per heavy atom. The van der Waals surface area contributed by atoms with Crippen molar-refractivity contribution in [2.45, 2.75) is 38.8 Å². The second-order valence-corrected chi connectivity index (χ2v) is 4.98. The average molecular weight is 282 g/mol. The zero-order chi connectivity index (χ0) is 14.9. The third kappa shape index (κ3) is 2.64. The van der Waals surface area contributed by atoms with Crippen molar-refractivity contribution in [3.05, 3.63) is 21.5 Å². The van der Waals surface area contributed by atoms with Crippen LogP contribution < -0.4 is 5.32 Å². The number of aryl methyl sites for hydroxylation is 1. The molecule has 1 aromatic rings. The molecule has 1 aromatic heterocycles. The van der Waals surface area contributed by atoms with E-state index in [0.29, 0.717) is 12.3 Å². The van der Waals surface area contributed by atoms with Gasteiger partial charge in [0.15, 0.2) is 0 Å². The maximum Gasteiger partial charge on any atom is 0.322 e. The highest BCUT2D eigenvalue weighted by Gasteiger charge is 2.31. The summed E-state index contributed by atoms with van der Waals surface area (Å²) in [6, 6.07) is -0.202. The molecule has 8 heteroatoms. The Bertz CT molecular complexity index is 534. The van der Waals surface area contributed by atoms with Crippen LogP contribution in [0.2, 0.25) is 0 Å². The summed E-state index contributed by atoms with van der Waals surface area (Å²) < 4.78 is 6.82. The summed E-state index contributed by atoms with van der Waals surface area (Å²) in [6.45, 7) is 4.08. The smallest absolute Gasteiger partial charge is 0.322 e. The number of nitrogens with zero attached hydrogens (tertiary/aromatic N) is 3. The molecule has 1 N–H and O–H groups in total. The summed E-state index contributed by atoms with van der Waals surface area (Å²) in [7, 11) is 1.57. The van der Waals surface area contributed by atoms with Gasteiger partial charge in [0.1, 0.15) is 5.69 Å². The van der Waals surface area contributed by atoms with Crippen LogP contribution in [-0.4, -0.2) is 39.4 Å². The zero-order valence-electron chi connectivity index (χ0n) is 11.8. The predicted molar refractivity (Wildman–Crippen MR) is 70.5 cm³/mol. The van der Waals surface area contributed by atoms with Gasteiger partial charge in [-0.2, -0.15) is 5.10 Å². The number of carbonyl (C=O) groups excluding carboxylic acids is 1. The first-order valence-electron chi connectivity index (χ1n) is 6.52. The molecule has 2 rings (SSSR count). The summed E-state index contributed by atoms with van der Waals surface area (Å²) in [5.41, 5.74) is -0.0469. The second-order valence-electron chi connectivity index (χ2n) is 4.98. The number of aromatic nitrogens is 2. The van der Waals surface area contributed by atoms with Crippen molar-refractivity contribution >= 4 is 11.6 Å². The molecule has 0 aliphatic carbocycles. The molecule has 1 saturated heterocycles. The number of nitro groups is 1. The first kappa shape index (κ1) is 14.4. The second kappa shape index (κ2) is 5.58. The van der Waals surface area contributed by atoms with Gasteiger partial charge >= 0.3 is 5.69 Å². The highest BCUT2D eigenvalue weighted by molar-refractivity contribution is 5.96. The average Bonchev–Trinajstić information content (AvgIpc) is 2.98. The Morgan fingerprint density at radius 1 is 1.65 bits per heavy atom. The Kier molecular flexibility index (Phi) is 4.03. The van der Waals surface area contributed by atoms with Gasteiger partial charge in [-0.15, -0.1) is 0 Å². The van der Waals surface area contributed by atoms with E-state index in [4.69, 9.17) is 4.74 Å². The van der Waals surface area contributed by atoms with Gasteiger partial charge < -0.3 is 10.1 Å². The Labute approximate surface area is 116 Å². The number of amides is 1. The molecule has 110 valence electrons. The lowest BCUT2D eigenvalue weighted by Crippen LogP contribution is -2.41. The van der Waals surface area contributed by atoms with Crippen LogP contribution in [0.1, 0.15) is 35.9 Å². The summed E-state index contributed by atoms with van der Waals surface area (Å²) in [6.07, 6.45) is 1.81. The molecule has 1 aliphatic heterocycles. The molecule has 8 nitrogen and oxygen atoms in total. The maximum atomic E-state index is 12.2. The van der Waals surface area contributed by atoms with Gasteiger partial charge in [0.25, 0.3) is 5.91 Å². The molecule has 2 atom stereocenters. The van der Waals surface area contributed by atoms with Gasteiger partial charge in [0.2, 0.25) is 5.69 Å². The summed E-state index contributed by atoms with van der Waals surface area (Å²) in [4.78, 5) is 22.6. The molecule has 0 saturated carbocycles. The molecule has 0 bridgehead atoms. The summed E-state index contributed by atoms with van der Waals surface area (Å²) in [5, 5.41) is 17.7. The molecule has 1 amide bonds. The van der Waals surface area contributed by atoms with Crippen LogP contribution in [0.15, 0.2) is 0 Å². The largest absolute Gasteiger partial charge is 0.376 e. The molecule has 0 aromatic carbocycles. The van der Waals surface area contributed by atoms with Crippen LogP contribution in [0.4, 0.5) is 5.69 Å². The first-order valence-corrected chi connectivity index (χ1v) is 6.52. The standard InChI is InChI=1S/C12H18N4O4/c1-7(9-5-4-6-20-9)13-12(17)10-11(16(18)19)8(2)15(3)14-10/h7,9H,4-6H2,1-3H3,(H,13,17)/t7-,9-/m1/s1. The van der Waals surface area contributed by atoms with E-state index in [-0.39, 0.29) is 23.5 Å². The van der Waals surface area contributed by atoms with Gasteiger partial charge in [0.05, 0.1) is 17.1 Å². The fourth-order valence-corrected chi connectivity index (χ4v) is 2.33. The monoisotopic (exact) mass is 282 g/mol. The zero-order valence-corrected chi connectivity index (χ0v) is 11.8. The van der Waals surface area contributed by atoms with E-state index in [9.17, 15) is 14.9 Å². The molecule has 2 heterocycles. The normalized spacial score (nSPS) is 19.9. The molecule has 1 aliphatic rings. The number of ether oxygens (including phenoxy) is 1. The van der Waals surface area contributed by atoms with Gasteiger partial charge in [-0.1, -0.05) is 0 Å². The minimum Gasteiger partial charge on any atom is -0.376 e. The van der Waals surface area contributed by atoms with Crippen LogP contribution in [0, 0.1) is 17.0 Å². The lowest BCUT2D eigenvalue weighted by molar-refractivity contribution is -0.385. The third-order valence-electron chi connectivity index (χ3n) is 3.58. The fourth-order valence-electron chi connectivity index (χ4n) is 2.33. The van der Waals surface area contributed by atoms with E-state index in [0.717, 1.165) is 12.8 Å². The van der Waals surface area contributed by atoms with Crippen molar-refractivity contribution in [3.63, 3.8) is 0 Å². The van der Waals surface area contributed by atoms with Crippen LogP contribution in [0.25, 0.3) is 0 Å². The van der Waals surface area contributed by atoms with Crippen molar-refractivity contribution in [2.24, 2.45) is 7.05 Å². The molecule has 0 radical (unpaired) electrons. The van der Waals surface area contributed by atoms with E-state index < -0.39 is 10.8 Å². The van der Waals surface area contributed by atoms with Crippen molar-refractivity contribution < 1.29 is 14.5 Å². The minimum absolute atomic E-state index is 0.0391. The maximum absolute atomic E-state index is 12.2. The Balaban J connectivity index is 2.16. The van der Waals surface area contributed by atoms with Crippen molar-refractivity contribution in [2.75, 3.05) is 6.61 Å². The molecule has 20 heavy (non-hydrogen) atoms. The Hall–Kier alpha value is -1.96. The number of hydrogen-bond acceptors (Lipinski definition) is 5. The van der Waals surface area contributed by atoms with Crippen LogP contribution in [0.5, 0.6) is 0 Å². The number of rotatable bonds is 4. The highest BCUT2D eigenvalue weighted by Crippen LogP contribution is 2.22. The molecule has 1 fully saturated rings. The van der Waals surface area contributed by atoms with Crippen LogP contribution in [-0.2, 0) is 11.8 Å². The van der Waals surface area contributed by atoms with Gasteiger partial charge in [0, 0.05) is 13.7 Å². The SMILES string of the molecule is Cc1c([N+](=O)[O-])c(C(=O)N[C@H](C)[C@H]2CCCO2)nn1C. The third-order valence-corrected chi connectivity index (χ3v) is 3.58. The summed E-state index contributed by atoms with van der Waals surface area (Å²) >= 11 is 0. The topological polar surface area (TPSA) is 99.3 Å². The molecule has 0 unspecified atom stereocenters. The van der Waals surface area contributed by atoms with Crippen LogP contribution >= 0.6 is 0 Å². The van der Waals surface area contributed by atoms with Gasteiger partial charge in [-0.3, -0.25) is 19.6 Å². The molecular formula is C12H18N4O4. The lowest BCUT2D eigenvalue weighted by Gasteiger charge is -2.19. The quantitative estimate of drug-likeness (QED) is 0.654. The lowest BCUT2D eigenvalue weighted by atomic mass is 10.1. The highest BCUT2D eigenvalue weighted by atomic mass is 16.6. The summed E-state index contributed by atoms with van der Waals surface area (Å²) in [5.74, 6) is -0.539. The molecule has 0 spiro atoms. The van der Waals surface area contributed by atoms with E-state index in [1.807, 2.05) is 6.92 Å².